The number of hydrogen-bond donors (Lipinski definition) is 0. The molecule has 0 radical (unpaired) electrons. The molecule has 0 bridgehead atoms. The van der Waals surface area contributed by atoms with Crippen molar-refractivity contribution in [3.63, 3.8) is 0 Å². The molecule has 0 rings (SSSR count). The molecule has 22 heteroatoms. The molecule has 0 spiro atoms. The van der Waals surface area contributed by atoms with Crippen molar-refractivity contribution in [2.75, 3.05) is 0 Å². The van der Waals surface area contributed by atoms with Gasteiger partial charge in [-0.2, -0.15) is 79.0 Å². The summed E-state index contributed by atoms with van der Waals surface area (Å²) in [6.45, 7) is 0. The molecule has 0 aromatic carbocycles. The molecular weight excluding hydrogens is 622 g/mol. The van der Waals surface area contributed by atoms with Crippen LogP contribution in [-0.4, -0.2) is 59.8 Å². The maximum Gasteiger partial charge on any atom is 0.460 e. The molecule has 4 nitrogen and oxygen atoms in total. The molecule has 0 aromatic rings. The normalized spacial score (nSPS) is 15.7. The number of carbonyl (C=O) groups is 2. The summed E-state index contributed by atoms with van der Waals surface area (Å²) in [5, 5.41) is 22.2. The van der Waals surface area contributed by atoms with Crippen LogP contribution >= 0.6 is 0 Å². The first kappa shape index (κ1) is 37.4. The van der Waals surface area contributed by atoms with Gasteiger partial charge in [-0.25, -0.2) is 0 Å². The van der Waals surface area contributed by atoms with Gasteiger partial charge in [0.05, 0.1) is 11.9 Å². The highest BCUT2D eigenvalue weighted by molar-refractivity contribution is 5.97. The molecule has 0 saturated carbocycles. The van der Waals surface area contributed by atoms with Gasteiger partial charge < -0.3 is 19.8 Å². The van der Waals surface area contributed by atoms with E-state index in [-0.39, 0.29) is 0 Å². The predicted octanol–water partition coefficient (Wildman–Crippen LogP) is 5.06. The second-order valence-corrected chi connectivity index (χ2v) is 7.94. The first-order chi connectivity index (χ1) is 17.3. The molecule has 0 aromatic heterocycles. The summed E-state index contributed by atoms with van der Waals surface area (Å²) in [5.74, 6) is -47.0. The van der Waals surface area contributed by atoms with E-state index in [4.69, 9.17) is 0 Å². The molecule has 0 saturated heterocycles. The van der Waals surface area contributed by atoms with Crippen molar-refractivity contribution in [2.45, 2.75) is 86.4 Å². The first-order valence-electron chi connectivity index (χ1n) is 9.88. The molecule has 0 N–H and O–H groups in total. The van der Waals surface area contributed by atoms with Gasteiger partial charge in [-0.15, -0.1) is 0 Å². The van der Waals surface area contributed by atoms with Crippen molar-refractivity contribution >= 4 is 11.9 Å². The molecule has 40 heavy (non-hydrogen) atoms. The van der Waals surface area contributed by atoms with Crippen LogP contribution in [0.2, 0.25) is 0 Å². The Bertz CT molecular complexity index is 885. The highest BCUT2D eigenvalue weighted by Gasteiger charge is 2.82. The van der Waals surface area contributed by atoms with Gasteiger partial charge in [-0.05, 0) is 36.8 Å². The molecule has 0 unspecified atom stereocenters. The smallest absolute Gasteiger partial charge is 0.460 e. The summed E-state index contributed by atoms with van der Waals surface area (Å²) in [5.41, 5.74) is -3.70. The minimum atomic E-state index is -7.33. The average Bonchev–Trinajstić information content (AvgIpc) is 2.72. The maximum atomic E-state index is 13.5. The minimum absolute atomic E-state index is 1.77. The van der Waals surface area contributed by atoms with Gasteiger partial charge in [0, 0.05) is 12.8 Å². The van der Waals surface area contributed by atoms with Crippen LogP contribution in [0.5, 0.6) is 0 Å². The van der Waals surface area contributed by atoms with Crippen molar-refractivity contribution in [1.29, 1.82) is 0 Å². The zero-order chi connectivity index (χ0) is 32.6. The monoisotopic (exact) mass is 634 g/mol. The zero-order valence-corrected chi connectivity index (χ0v) is 18.7. The fraction of sp³-hybridized carbons (Fsp3) is 0.778. The number of carbonyl (C=O) groups excluding carboxylic acids is 2. The summed E-state index contributed by atoms with van der Waals surface area (Å²) in [6, 6.07) is 0. The number of alkyl halides is 18. The predicted molar refractivity (Wildman–Crippen MR) is 86.5 cm³/mol. The molecule has 0 aliphatic heterocycles. The van der Waals surface area contributed by atoms with Crippen molar-refractivity contribution in [2.24, 2.45) is 0 Å². The van der Waals surface area contributed by atoms with Gasteiger partial charge in [-0.1, -0.05) is 0 Å². The van der Waals surface area contributed by atoms with Crippen LogP contribution in [0.1, 0.15) is 38.5 Å². The molecule has 0 amide bonds. The molecular formula is C18H12F18O4-2. The maximum absolute atomic E-state index is 13.5. The number of carboxylic acids is 2. The SMILES string of the molecule is O=C([O-])/C(CCCC(F)(F)C(F)(F)C(F)(F)C(F)(F)F)=C(/CCCC(F)(F)C(F)(F)C(F)(F)C(F)(F)F)C(=O)[O-]. The summed E-state index contributed by atoms with van der Waals surface area (Å²) in [7, 11) is 0. The summed E-state index contributed by atoms with van der Waals surface area (Å²) >= 11 is 0. The highest BCUT2D eigenvalue weighted by atomic mass is 19.4. The van der Waals surface area contributed by atoms with Crippen LogP contribution in [0, 0.1) is 0 Å². The van der Waals surface area contributed by atoms with Gasteiger partial charge in [0.15, 0.2) is 0 Å². The average molecular weight is 634 g/mol. The van der Waals surface area contributed by atoms with E-state index in [1.165, 1.54) is 0 Å². The summed E-state index contributed by atoms with van der Waals surface area (Å²) in [6.07, 6.45) is -27.0. The van der Waals surface area contributed by atoms with E-state index < -0.39 is 109 Å². The number of aliphatic carboxylic acids is 2. The Kier molecular flexibility index (Phi) is 10.6. The second kappa shape index (κ2) is 11.4. The van der Waals surface area contributed by atoms with E-state index in [2.05, 4.69) is 0 Å². The Hall–Kier alpha value is -2.58. The minimum Gasteiger partial charge on any atom is -0.545 e. The molecule has 0 aliphatic rings. The quantitative estimate of drug-likeness (QED) is 0.198. The molecule has 0 aliphatic carbocycles. The van der Waals surface area contributed by atoms with E-state index in [0.717, 1.165) is 0 Å². The Morgan fingerprint density at radius 1 is 0.425 bits per heavy atom. The summed E-state index contributed by atoms with van der Waals surface area (Å²) in [4.78, 5) is 22.2. The van der Waals surface area contributed by atoms with Crippen molar-refractivity contribution in [1.82, 2.24) is 0 Å². The molecule has 236 valence electrons. The fourth-order valence-corrected chi connectivity index (χ4v) is 2.86. The third-order valence-electron chi connectivity index (χ3n) is 5.11. The Labute approximate surface area is 209 Å². The van der Waals surface area contributed by atoms with Crippen molar-refractivity contribution in [3.05, 3.63) is 11.1 Å². The number of rotatable bonds is 14. The van der Waals surface area contributed by atoms with E-state index in [1.54, 1.807) is 0 Å². The van der Waals surface area contributed by atoms with E-state index >= 15 is 0 Å². The van der Waals surface area contributed by atoms with E-state index in [0.29, 0.717) is 0 Å². The lowest BCUT2D eigenvalue weighted by atomic mass is 9.93. The van der Waals surface area contributed by atoms with Gasteiger partial charge in [0.1, 0.15) is 0 Å². The lowest BCUT2D eigenvalue weighted by Crippen LogP contribution is -2.60. The Balaban J connectivity index is 5.91. The van der Waals surface area contributed by atoms with Gasteiger partial charge in [-0.3, -0.25) is 0 Å². The first-order valence-corrected chi connectivity index (χ1v) is 9.88. The largest absolute Gasteiger partial charge is 0.545 e. The van der Waals surface area contributed by atoms with Gasteiger partial charge in [0.2, 0.25) is 0 Å². The van der Waals surface area contributed by atoms with E-state index in [1.807, 2.05) is 0 Å². The third kappa shape index (κ3) is 7.00. The number of halogens is 18. The van der Waals surface area contributed by atoms with Crippen LogP contribution in [-0.2, 0) is 9.59 Å². The summed E-state index contributed by atoms with van der Waals surface area (Å²) < 4.78 is 231. The lowest BCUT2D eigenvalue weighted by molar-refractivity contribution is -0.396. The topological polar surface area (TPSA) is 80.3 Å². The lowest BCUT2D eigenvalue weighted by Gasteiger charge is -2.34. The molecule has 0 fully saturated rings. The van der Waals surface area contributed by atoms with Crippen LogP contribution in [0.25, 0.3) is 0 Å². The van der Waals surface area contributed by atoms with Crippen molar-refractivity contribution < 1.29 is 98.8 Å². The van der Waals surface area contributed by atoms with Crippen LogP contribution in [0.3, 0.4) is 0 Å². The number of carboxylic acid groups (broad SMARTS) is 2. The molecule has 0 atom stereocenters. The Morgan fingerprint density at radius 3 is 0.825 bits per heavy atom. The number of hydrogen-bond acceptors (Lipinski definition) is 4. The van der Waals surface area contributed by atoms with Gasteiger partial charge in [0.25, 0.3) is 0 Å². The van der Waals surface area contributed by atoms with Gasteiger partial charge >= 0.3 is 47.9 Å². The third-order valence-corrected chi connectivity index (χ3v) is 5.11. The fourth-order valence-electron chi connectivity index (χ4n) is 2.86. The standard InChI is InChI=1S/C18H14F18O4/c19-11(20,13(23,24)15(27,28)17(31,32)33)5-1-3-7(9(37)38)8(10(39)40)4-2-6-12(21,22)14(25,26)16(29,30)18(34,35)36/h1-6H2,(H,37,38)(H,39,40)/p-2/b8-7-. The highest BCUT2D eigenvalue weighted by Crippen LogP contribution is 2.55. The Morgan fingerprint density at radius 2 is 0.650 bits per heavy atom. The van der Waals surface area contributed by atoms with Crippen molar-refractivity contribution in [3.8, 4) is 0 Å². The second-order valence-electron chi connectivity index (χ2n) is 7.94. The van der Waals surface area contributed by atoms with E-state index in [9.17, 15) is 98.8 Å². The molecule has 0 heterocycles. The van der Waals surface area contributed by atoms with Crippen LogP contribution in [0.4, 0.5) is 79.0 Å². The van der Waals surface area contributed by atoms with Crippen LogP contribution in [0.15, 0.2) is 11.1 Å². The van der Waals surface area contributed by atoms with Crippen LogP contribution < -0.4 is 10.2 Å². The zero-order valence-electron chi connectivity index (χ0n) is 18.7.